The van der Waals surface area contributed by atoms with Crippen molar-refractivity contribution in [1.82, 2.24) is 0 Å². The van der Waals surface area contributed by atoms with Gasteiger partial charge in [-0.3, -0.25) is 0 Å². The third-order valence-electron chi connectivity index (χ3n) is 0.453. The van der Waals surface area contributed by atoms with Gasteiger partial charge in [-0.1, -0.05) is 14.0 Å². The molecule has 0 heterocycles. The van der Waals surface area contributed by atoms with E-state index in [1.807, 2.05) is 0 Å². The zero-order valence-electron chi connectivity index (χ0n) is 4.31. The van der Waals surface area contributed by atoms with Gasteiger partial charge < -0.3 is 4.74 Å². The summed E-state index contributed by atoms with van der Waals surface area (Å²) >= 11 is 0. The molecule has 0 bridgehead atoms. The second kappa shape index (κ2) is 6.21. The average molecular weight is 116 g/mol. The predicted molar refractivity (Wildman–Crippen MR) is 33.6 cm³/mol. The molecule has 0 aliphatic rings. The lowest BCUT2D eigenvalue weighted by Gasteiger charge is -1.90. The monoisotopic (exact) mass is 116 g/mol. The summed E-state index contributed by atoms with van der Waals surface area (Å²) in [5.74, 6) is -0.359. The molecule has 0 atom stereocenters. The van der Waals surface area contributed by atoms with E-state index < -0.39 is 0 Å². The molecule has 8 heavy (non-hydrogen) atoms. The number of esters is 1. The van der Waals surface area contributed by atoms with Crippen molar-refractivity contribution in [3.63, 3.8) is 0 Å². The van der Waals surface area contributed by atoms with Crippen LogP contribution in [0.1, 0.15) is 14.4 Å². The quantitative estimate of drug-likeness (QED) is 0.402. The minimum Gasteiger partial charge on any atom is -0.463 e. The Morgan fingerprint density at radius 2 is 2.38 bits per heavy atom. The van der Waals surface area contributed by atoms with E-state index in [-0.39, 0.29) is 13.4 Å². The van der Waals surface area contributed by atoms with Crippen molar-refractivity contribution in [3.05, 3.63) is 12.7 Å². The topological polar surface area (TPSA) is 26.3 Å². The zero-order valence-corrected chi connectivity index (χ0v) is 4.31. The van der Waals surface area contributed by atoms with Gasteiger partial charge in [0.2, 0.25) is 0 Å². The van der Waals surface area contributed by atoms with Crippen LogP contribution >= 0.6 is 0 Å². The molecule has 0 unspecified atom stereocenters. The Labute approximate surface area is 50.2 Å². The molecule has 0 N–H and O–H groups in total. The Kier molecular flexibility index (Phi) is 7.95. The van der Waals surface area contributed by atoms with Gasteiger partial charge in [0.05, 0.1) is 6.61 Å². The van der Waals surface area contributed by atoms with E-state index in [1.54, 1.807) is 6.92 Å². The number of hydrogen-bond donors (Lipinski definition) is 0. The van der Waals surface area contributed by atoms with Crippen LogP contribution in [0.25, 0.3) is 0 Å². The number of hydrogen-bond acceptors (Lipinski definition) is 2. The van der Waals surface area contributed by atoms with Crippen LogP contribution in [0.5, 0.6) is 0 Å². The Balaban J connectivity index is 0. The van der Waals surface area contributed by atoms with E-state index >= 15 is 0 Å². The van der Waals surface area contributed by atoms with Crippen LogP contribution < -0.4 is 0 Å². The fourth-order valence-corrected chi connectivity index (χ4v) is 0.201. The summed E-state index contributed by atoms with van der Waals surface area (Å²) in [5, 5.41) is 0. The molecule has 0 aliphatic carbocycles. The summed E-state index contributed by atoms with van der Waals surface area (Å²) < 4.78 is 4.43. The van der Waals surface area contributed by atoms with Crippen LogP contribution in [0.15, 0.2) is 12.7 Å². The van der Waals surface area contributed by atoms with Gasteiger partial charge >= 0.3 is 5.97 Å². The summed E-state index contributed by atoms with van der Waals surface area (Å²) in [6.45, 7) is 5.38. The maximum Gasteiger partial charge on any atom is 0.330 e. The third-order valence-corrected chi connectivity index (χ3v) is 0.453. The maximum atomic E-state index is 10.1. The van der Waals surface area contributed by atoms with Crippen LogP contribution in [0.3, 0.4) is 0 Å². The first-order valence-electron chi connectivity index (χ1n) is 2.10. The van der Waals surface area contributed by atoms with Crippen LogP contribution in [0.2, 0.25) is 0 Å². The van der Waals surface area contributed by atoms with E-state index in [2.05, 4.69) is 11.3 Å². The van der Waals surface area contributed by atoms with Gasteiger partial charge in [-0.05, 0) is 6.92 Å². The van der Waals surface area contributed by atoms with Crippen LogP contribution in [-0.4, -0.2) is 12.6 Å². The van der Waals surface area contributed by atoms with E-state index in [0.29, 0.717) is 6.61 Å². The summed E-state index contributed by atoms with van der Waals surface area (Å²) in [4.78, 5) is 10.1. The summed E-state index contributed by atoms with van der Waals surface area (Å²) in [7, 11) is 0. The highest BCUT2D eigenvalue weighted by molar-refractivity contribution is 5.81. The highest BCUT2D eigenvalue weighted by atomic mass is 16.5. The van der Waals surface area contributed by atoms with Crippen molar-refractivity contribution in [2.75, 3.05) is 6.61 Å². The average Bonchev–Trinajstić information content (AvgIpc) is 1.68. The van der Waals surface area contributed by atoms with Gasteiger partial charge in [0, 0.05) is 6.08 Å². The minimum absolute atomic E-state index is 0. The summed E-state index contributed by atoms with van der Waals surface area (Å²) in [6, 6.07) is 0. The third kappa shape index (κ3) is 5.21. The molecule has 0 aromatic carbocycles. The highest BCUT2D eigenvalue weighted by Crippen LogP contribution is 1.74. The summed E-state index contributed by atoms with van der Waals surface area (Å²) in [5.41, 5.74) is 0. The van der Waals surface area contributed by atoms with Crippen LogP contribution in [0.4, 0.5) is 0 Å². The Morgan fingerprint density at radius 3 is 2.50 bits per heavy atom. The molecule has 2 nitrogen and oxygen atoms in total. The Hall–Kier alpha value is -0.790. The lowest BCUT2D eigenvalue weighted by molar-refractivity contribution is -0.137. The molecule has 0 spiro atoms. The molecule has 0 rings (SSSR count). The molecule has 0 aliphatic heterocycles. The first-order valence-corrected chi connectivity index (χ1v) is 2.10. The largest absolute Gasteiger partial charge is 0.463 e. The second-order valence-corrected chi connectivity index (χ2v) is 0.956. The fraction of sp³-hybridized carbons (Fsp3) is 0.500. The van der Waals surface area contributed by atoms with Crippen molar-refractivity contribution >= 4 is 5.97 Å². The first kappa shape index (κ1) is 10.2. The zero-order chi connectivity index (χ0) is 5.70. The molecule has 2 heteroatoms. The Bertz CT molecular complexity index is 76.6. The van der Waals surface area contributed by atoms with Crippen molar-refractivity contribution in [3.8, 4) is 0 Å². The van der Waals surface area contributed by atoms with Gasteiger partial charge in [-0.25, -0.2) is 4.79 Å². The number of carbonyl (C=O) groups excluding carboxylic acids is 1. The summed E-state index contributed by atoms with van der Waals surface area (Å²) in [6.07, 6.45) is 1.14. The lowest BCUT2D eigenvalue weighted by atomic mass is 10.6. The van der Waals surface area contributed by atoms with Gasteiger partial charge in [-0.15, -0.1) is 0 Å². The standard InChI is InChI=1S/C5H8O2.CH4/c1-3-5(6)7-4-2;/h3H,1,4H2,2H3;1H4. The van der Waals surface area contributed by atoms with Crippen molar-refractivity contribution < 1.29 is 9.53 Å². The molecule has 0 aromatic rings. The van der Waals surface area contributed by atoms with Crippen molar-refractivity contribution in [1.29, 1.82) is 0 Å². The molecule has 48 valence electrons. The highest BCUT2D eigenvalue weighted by Gasteiger charge is 1.86. The van der Waals surface area contributed by atoms with Crippen molar-refractivity contribution in [2.45, 2.75) is 14.4 Å². The van der Waals surface area contributed by atoms with E-state index in [1.165, 1.54) is 0 Å². The van der Waals surface area contributed by atoms with Gasteiger partial charge in [0.15, 0.2) is 0 Å². The number of rotatable bonds is 2. The lowest BCUT2D eigenvalue weighted by Crippen LogP contribution is -1.97. The van der Waals surface area contributed by atoms with Gasteiger partial charge in [0.25, 0.3) is 0 Å². The molecule has 0 amide bonds. The molecule has 0 radical (unpaired) electrons. The molecule has 0 saturated heterocycles. The van der Waals surface area contributed by atoms with Gasteiger partial charge in [0.1, 0.15) is 0 Å². The predicted octanol–water partition coefficient (Wildman–Crippen LogP) is 1.37. The van der Waals surface area contributed by atoms with E-state index in [0.717, 1.165) is 6.08 Å². The fourth-order valence-electron chi connectivity index (χ4n) is 0.201. The minimum atomic E-state index is -0.359. The first-order chi connectivity index (χ1) is 3.31. The Morgan fingerprint density at radius 1 is 1.88 bits per heavy atom. The molecule has 0 aromatic heterocycles. The normalized spacial score (nSPS) is 6.62. The van der Waals surface area contributed by atoms with Crippen LogP contribution in [-0.2, 0) is 9.53 Å². The molecular formula is C6H12O2. The molecule has 0 saturated carbocycles. The van der Waals surface area contributed by atoms with E-state index in [9.17, 15) is 4.79 Å². The van der Waals surface area contributed by atoms with Crippen molar-refractivity contribution in [2.24, 2.45) is 0 Å². The number of carbonyl (C=O) groups is 1. The van der Waals surface area contributed by atoms with E-state index in [4.69, 9.17) is 0 Å². The SMILES string of the molecule is C.C=CC(=O)OCC. The number of ether oxygens (including phenoxy) is 1. The second-order valence-electron chi connectivity index (χ2n) is 0.956. The molecular weight excluding hydrogens is 104 g/mol. The maximum absolute atomic E-state index is 10.1. The van der Waals surface area contributed by atoms with Gasteiger partial charge in [-0.2, -0.15) is 0 Å². The molecule has 0 fully saturated rings. The smallest absolute Gasteiger partial charge is 0.330 e. The van der Waals surface area contributed by atoms with Crippen LogP contribution in [0, 0.1) is 0 Å².